The quantitative estimate of drug-likeness (QED) is 0.508. The molecule has 0 heterocycles. The van der Waals surface area contributed by atoms with Crippen LogP contribution in [0.4, 0.5) is 4.79 Å². The predicted octanol–water partition coefficient (Wildman–Crippen LogP) is 1.19. The number of carboxylic acid groups (broad SMARTS) is 2. The molecule has 0 radical (unpaired) electrons. The third-order valence-electron chi connectivity index (χ3n) is 0.803. The number of unbranched alkanes of at least 4 members (excludes halogenated alkanes) is 1. The molecule has 0 aliphatic rings. The van der Waals surface area contributed by atoms with Crippen molar-refractivity contribution in [2.24, 2.45) is 0 Å². The Morgan fingerprint density at radius 1 is 1.33 bits per heavy atom. The summed E-state index contributed by atoms with van der Waals surface area (Å²) in [4.78, 5) is 25.1. The summed E-state index contributed by atoms with van der Waals surface area (Å²) in [6.07, 6.45) is -0.348. The lowest BCUT2D eigenvalue weighted by atomic mass is 10.4. The van der Waals surface area contributed by atoms with Gasteiger partial charge in [0, 0.05) is 6.16 Å². The highest BCUT2D eigenvalue weighted by atomic mass is 31.2. The zero-order chi connectivity index (χ0) is 10.2. The second kappa shape index (κ2) is 7.09. The zero-order valence-electron chi connectivity index (χ0n) is 6.67. The van der Waals surface area contributed by atoms with E-state index in [9.17, 15) is 4.57 Å². The maximum atomic E-state index is 10.1. The van der Waals surface area contributed by atoms with Gasteiger partial charge in [0.15, 0.2) is 0 Å². The summed E-state index contributed by atoms with van der Waals surface area (Å²) in [7, 11) is -3.68. The largest absolute Gasteiger partial charge is 0.503 e. The SMILES string of the molecule is CCCCP(=O)(O)O.O=C(O)O. The van der Waals surface area contributed by atoms with Crippen LogP contribution in [0.15, 0.2) is 0 Å². The molecule has 0 aromatic carbocycles. The Kier molecular flexibility index (Phi) is 8.26. The van der Waals surface area contributed by atoms with Gasteiger partial charge in [-0.1, -0.05) is 13.3 Å². The van der Waals surface area contributed by atoms with E-state index in [4.69, 9.17) is 24.8 Å². The number of carbonyl (C=O) groups is 1. The molecular weight excluding hydrogens is 187 g/mol. The van der Waals surface area contributed by atoms with Crippen LogP contribution < -0.4 is 0 Å². The van der Waals surface area contributed by atoms with Crippen molar-refractivity contribution in [3.63, 3.8) is 0 Å². The standard InChI is InChI=1S/C4H11O3P.CH2O3/c1-2-3-4-8(5,6)7;2-1(3)4/h2-4H2,1H3,(H2,5,6,7);(H2,2,3,4). The Hall–Kier alpha value is -0.580. The first kappa shape index (κ1) is 14.0. The van der Waals surface area contributed by atoms with Crippen LogP contribution in [0.5, 0.6) is 0 Å². The van der Waals surface area contributed by atoms with E-state index in [1.54, 1.807) is 0 Å². The van der Waals surface area contributed by atoms with Crippen molar-refractivity contribution < 1.29 is 29.4 Å². The van der Waals surface area contributed by atoms with Gasteiger partial charge in [-0.05, 0) is 6.42 Å². The summed E-state index contributed by atoms with van der Waals surface area (Å²) in [5.41, 5.74) is 0. The van der Waals surface area contributed by atoms with Gasteiger partial charge in [-0.3, -0.25) is 4.57 Å². The van der Waals surface area contributed by atoms with Crippen molar-refractivity contribution in [3.05, 3.63) is 0 Å². The van der Waals surface area contributed by atoms with Crippen LogP contribution in [0.2, 0.25) is 0 Å². The Morgan fingerprint density at radius 3 is 1.75 bits per heavy atom. The molecule has 0 bridgehead atoms. The van der Waals surface area contributed by atoms with Crippen LogP contribution in [0, 0.1) is 0 Å². The summed E-state index contributed by atoms with van der Waals surface area (Å²) in [6.45, 7) is 1.90. The summed E-state index contributed by atoms with van der Waals surface area (Å²) >= 11 is 0. The van der Waals surface area contributed by atoms with E-state index in [-0.39, 0.29) is 6.16 Å². The molecule has 12 heavy (non-hydrogen) atoms. The summed E-state index contributed by atoms with van der Waals surface area (Å²) in [5, 5.41) is 13.9. The van der Waals surface area contributed by atoms with Crippen LogP contribution in [0.3, 0.4) is 0 Å². The fourth-order valence-corrected chi connectivity index (χ4v) is 1.09. The van der Waals surface area contributed by atoms with Gasteiger partial charge >= 0.3 is 13.8 Å². The molecule has 7 heteroatoms. The maximum absolute atomic E-state index is 10.1. The predicted molar refractivity (Wildman–Crippen MR) is 42.5 cm³/mol. The molecule has 4 N–H and O–H groups in total. The van der Waals surface area contributed by atoms with Crippen LogP contribution in [-0.2, 0) is 4.57 Å². The molecule has 0 atom stereocenters. The van der Waals surface area contributed by atoms with Gasteiger partial charge in [-0.2, -0.15) is 0 Å². The molecule has 0 fully saturated rings. The highest BCUT2D eigenvalue weighted by Crippen LogP contribution is 2.34. The third-order valence-corrected chi connectivity index (χ3v) is 1.70. The topological polar surface area (TPSA) is 115 Å². The van der Waals surface area contributed by atoms with Crippen molar-refractivity contribution in [2.45, 2.75) is 19.8 Å². The Bertz CT molecular complexity index is 157. The minimum atomic E-state index is -3.68. The van der Waals surface area contributed by atoms with Gasteiger partial charge in [0.2, 0.25) is 0 Å². The zero-order valence-corrected chi connectivity index (χ0v) is 7.57. The van der Waals surface area contributed by atoms with E-state index in [0.717, 1.165) is 6.42 Å². The monoisotopic (exact) mass is 200 g/mol. The second-order valence-electron chi connectivity index (χ2n) is 2.02. The van der Waals surface area contributed by atoms with E-state index in [1.165, 1.54) is 0 Å². The van der Waals surface area contributed by atoms with Crippen molar-refractivity contribution in [1.82, 2.24) is 0 Å². The maximum Gasteiger partial charge on any atom is 0.503 e. The van der Waals surface area contributed by atoms with Crippen molar-refractivity contribution >= 4 is 13.8 Å². The Labute approximate surface area is 70.0 Å². The molecule has 6 nitrogen and oxygen atoms in total. The van der Waals surface area contributed by atoms with Crippen LogP contribution in [-0.4, -0.2) is 32.3 Å². The lowest BCUT2D eigenvalue weighted by molar-refractivity contribution is 0.137. The highest BCUT2D eigenvalue weighted by Gasteiger charge is 2.09. The lowest BCUT2D eigenvalue weighted by Crippen LogP contribution is -1.84. The van der Waals surface area contributed by atoms with Crippen LogP contribution in [0.25, 0.3) is 0 Å². The first-order valence-electron chi connectivity index (χ1n) is 3.26. The molecule has 0 unspecified atom stereocenters. The molecule has 0 spiro atoms. The fourth-order valence-electron chi connectivity index (χ4n) is 0.364. The average Bonchev–Trinajstić information content (AvgIpc) is 1.80. The van der Waals surface area contributed by atoms with Gasteiger partial charge in [-0.15, -0.1) is 0 Å². The van der Waals surface area contributed by atoms with E-state index in [1.807, 2.05) is 6.92 Å². The molecule has 74 valence electrons. The van der Waals surface area contributed by atoms with Crippen molar-refractivity contribution in [2.75, 3.05) is 6.16 Å². The van der Waals surface area contributed by atoms with Gasteiger partial charge in [0.1, 0.15) is 0 Å². The third kappa shape index (κ3) is 34.2. The molecule has 0 rings (SSSR count). The van der Waals surface area contributed by atoms with E-state index in [0.29, 0.717) is 6.42 Å². The smallest absolute Gasteiger partial charge is 0.450 e. The van der Waals surface area contributed by atoms with Crippen molar-refractivity contribution in [1.29, 1.82) is 0 Å². The first-order chi connectivity index (χ1) is 5.29. The number of hydrogen-bond acceptors (Lipinski definition) is 2. The summed E-state index contributed by atoms with van der Waals surface area (Å²) in [6, 6.07) is 0. The highest BCUT2D eigenvalue weighted by molar-refractivity contribution is 7.51. The molecule has 0 amide bonds. The van der Waals surface area contributed by atoms with E-state index < -0.39 is 13.8 Å². The number of hydrogen-bond donors (Lipinski definition) is 4. The first-order valence-corrected chi connectivity index (χ1v) is 5.05. The second-order valence-corrected chi connectivity index (χ2v) is 3.80. The summed E-state index contributed by atoms with van der Waals surface area (Å²) < 4.78 is 10.1. The normalized spacial score (nSPS) is 9.92. The molecule has 0 saturated heterocycles. The summed E-state index contributed by atoms with van der Waals surface area (Å²) in [5.74, 6) is 0. The minimum Gasteiger partial charge on any atom is -0.450 e. The van der Waals surface area contributed by atoms with E-state index in [2.05, 4.69) is 0 Å². The molecular formula is C5H13O6P. The lowest BCUT2D eigenvalue weighted by Gasteiger charge is -1.98. The Balaban J connectivity index is 0. The van der Waals surface area contributed by atoms with Crippen LogP contribution >= 0.6 is 7.60 Å². The van der Waals surface area contributed by atoms with Crippen molar-refractivity contribution in [3.8, 4) is 0 Å². The Morgan fingerprint density at radius 2 is 1.67 bits per heavy atom. The molecule has 0 aliphatic carbocycles. The number of rotatable bonds is 3. The average molecular weight is 200 g/mol. The van der Waals surface area contributed by atoms with Gasteiger partial charge in [0.05, 0.1) is 0 Å². The molecule has 0 saturated carbocycles. The molecule has 0 aliphatic heterocycles. The van der Waals surface area contributed by atoms with Gasteiger partial charge in [0.25, 0.3) is 0 Å². The van der Waals surface area contributed by atoms with E-state index >= 15 is 0 Å². The minimum absolute atomic E-state index is 0.0312. The molecule has 0 aromatic heterocycles. The fraction of sp³-hybridized carbons (Fsp3) is 0.800. The van der Waals surface area contributed by atoms with Gasteiger partial charge < -0.3 is 20.0 Å². The van der Waals surface area contributed by atoms with Crippen LogP contribution in [0.1, 0.15) is 19.8 Å². The molecule has 0 aromatic rings. The van der Waals surface area contributed by atoms with Gasteiger partial charge in [-0.25, -0.2) is 4.79 Å².